The number of benzene rings is 2. The Kier molecular flexibility index (Phi) is 5.47. The summed E-state index contributed by atoms with van der Waals surface area (Å²) in [6.07, 6.45) is 1.70. The number of aryl methyl sites for hydroxylation is 1. The SMILES string of the molecule is Cc1ccccc1OCC(=O)Nc1cccc(-c2ccc3nnc(-c4ccccn4)n3n2)c1. The second-order valence-electron chi connectivity index (χ2n) is 7.41. The molecule has 162 valence electrons. The van der Waals surface area contributed by atoms with Gasteiger partial charge in [-0.1, -0.05) is 36.4 Å². The van der Waals surface area contributed by atoms with Crippen LogP contribution in [0.2, 0.25) is 0 Å². The standard InChI is InChI=1S/C25H20N6O2/c1-17-7-2-3-11-22(17)33-16-24(32)27-19-9-6-8-18(15-19)20-12-13-23-28-29-25(31(23)30-20)21-10-4-5-14-26-21/h2-15H,16H2,1H3,(H,27,32). The van der Waals surface area contributed by atoms with E-state index in [0.29, 0.717) is 34.3 Å². The molecule has 5 aromatic rings. The number of ether oxygens (including phenoxy) is 1. The minimum Gasteiger partial charge on any atom is -0.483 e. The first-order valence-electron chi connectivity index (χ1n) is 10.4. The molecule has 0 saturated heterocycles. The zero-order valence-corrected chi connectivity index (χ0v) is 17.8. The van der Waals surface area contributed by atoms with Crippen LogP contribution in [-0.4, -0.2) is 37.3 Å². The lowest BCUT2D eigenvalue weighted by molar-refractivity contribution is -0.118. The Morgan fingerprint density at radius 2 is 1.82 bits per heavy atom. The Morgan fingerprint density at radius 1 is 0.939 bits per heavy atom. The van der Waals surface area contributed by atoms with Crippen molar-refractivity contribution in [3.8, 4) is 28.5 Å². The number of fused-ring (bicyclic) bond motifs is 1. The van der Waals surface area contributed by atoms with Gasteiger partial charge >= 0.3 is 0 Å². The highest BCUT2D eigenvalue weighted by Crippen LogP contribution is 2.23. The Labute approximate surface area is 189 Å². The van der Waals surface area contributed by atoms with E-state index in [0.717, 1.165) is 11.1 Å². The third kappa shape index (κ3) is 4.40. The summed E-state index contributed by atoms with van der Waals surface area (Å²) in [5.74, 6) is 1.01. The molecule has 0 bridgehead atoms. The number of para-hydroxylation sites is 1. The van der Waals surface area contributed by atoms with Gasteiger partial charge in [-0.25, -0.2) is 0 Å². The Balaban J connectivity index is 1.35. The first-order chi connectivity index (χ1) is 16.2. The van der Waals surface area contributed by atoms with Gasteiger partial charge in [0.2, 0.25) is 5.82 Å². The number of nitrogens with zero attached hydrogens (tertiary/aromatic N) is 5. The monoisotopic (exact) mass is 436 g/mol. The molecule has 0 aliphatic heterocycles. The van der Waals surface area contributed by atoms with E-state index in [1.54, 1.807) is 10.7 Å². The molecule has 5 rings (SSSR count). The summed E-state index contributed by atoms with van der Waals surface area (Å²) in [6, 6.07) is 24.4. The number of carbonyl (C=O) groups is 1. The van der Waals surface area contributed by atoms with Gasteiger partial charge in [0.15, 0.2) is 12.3 Å². The quantitative estimate of drug-likeness (QED) is 0.429. The maximum atomic E-state index is 12.4. The van der Waals surface area contributed by atoms with E-state index in [1.807, 2.05) is 85.8 Å². The fraction of sp³-hybridized carbons (Fsp3) is 0.0800. The van der Waals surface area contributed by atoms with Gasteiger partial charge in [0.25, 0.3) is 5.91 Å². The molecule has 8 heteroatoms. The predicted octanol–water partition coefficient (Wildman–Crippen LogP) is 4.18. The van der Waals surface area contributed by atoms with E-state index in [2.05, 4.69) is 20.5 Å². The van der Waals surface area contributed by atoms with Crippen molar-refractivity contribution in [1.29, 1.82) is 0 Å². The maximum Gasteiger partial charge on any atom is 0.262 e. The van der Waals surface area contributed by atoms with E-state index >= 15 is 0 Å². The van der Waals surface area contributed by atoms with Gasteiger partial charge in [-0.3, -0.25) is 9.78 Å². The Bertz CT molecular complexity index is 1430. The fourth-order valence-corrected chi connectivity index (χ4v) is 3.41. The van der Waals surface area contributed by atoms with Gasteiger partial charge in [-0.15, -0.1) is 10.2 Å². The maximum absolute atomic E-state index is 12.4. The highest BCUT2D eigenvalue weighted by molar-refractivity contribution is 5.92. The van der Waals surface area contributed by atoms with Crippen molar-refractivity contribution < 1.29 is 9.53 Å². The topological polar surface area (TPSA) is 94.3 Å². The number of hydrogen-bond acceptors (Lipinski definition) is 6. The normalized spacial score (nSPS) is 10.8. The molecule has 0 aliphatic carbocycles. The van der Waals surface area contributed by atoms with Gasteiger partial charge in [0.1, 0.15) is 11.4 Å². The highest BCUT2D eigenvalue weighted by atomic mass is 16.5. The van der Waals surface area contributed by atoms with Crippen molar-refractivity contribution in [2.75, 3.05) is 11.9 Å². The van der Waals surface area contributed by atoms with Gasteiger partial charge in [0, 0.05) is 17.4 Å². The molecule has 0 radical (unpaired) electrons. The molecule has 1 N–H and O–H groups in total. The Hall–Kier alpha value is -4.59. The van der Waals surface area contributed by atoms with Crippen LogP contribution in [-0.2, 0) is 4.79 Å². The molecule has 0 fully saturated rings. The van der Waals surface area contributed by atoms with E-state index in [4.69, 9.17) is 9.84 Å². The average molecular weight is 436 g/mol. The van der Waals surface area contributed by atoms with Crippen LogP contribution in [0.3, 0.4) is 0 Å². The molecule has 33 heavy (non-hydrogen) atoms. The highest BCUT2D eigenvalue weighted by Gasteiger charge is 2.12. The number of anilines is 1. The minimum atomic E-state index is -0.241. The molecule has 0 saturated carbocycles. The third-order valence-electron chi connectivity index (χ3n) is 5.05. The molecule has 0 atom stereocenters. The number of carbonyl (C=O) groups excluding carboxylic acids is 1. The van der Waals surface area contributed by atoms with Gasteiger partial charge in [-0.2, -0.15) is 9.61 Å². The van der Waals surface area contributed by atoms with Crippen LogP contribution in [0.5, 0.6) is 5.75 Å². The average Bonchev–Trinajstić information content (AvgIpc) is 3.28. The van der Waals surface area contributed by atoms with Crippen molar-refractivity contribution >= 4 is 17.2 Å². The second-order valence-corrected chi connectivity index (χ2v) is 7.41. The fourth-order valence-electron chi connectivity index (χ4n) is 3.41. The van der Waals surface area contributed by atoms with Crippen LogP contribution >= 0.6 is 0 Å². The summed E-state index contributed by atoms with van der Waals surface area (Å²) in [5.41, 5.74) is 4.50. The summed E-state index contributed by atoms with van der Waals surface area (Å²) in [4.78, 5) is 16.7. The van der Waals surface area contributed by atoms with E-state index in [9.17, 15) is 4.79 Å². The number of hydrogen-bond donors (Lipinski definition) is 1. The lowest BCUT2D eigenvalue weighted by atomic mass is 10.1. The number of aromatic nitrogens is 5. The second kappa shape index (κ2) is 8.88. The van der Waals surface area contributed by atoms with E-state index in [1.165, 1.54) is 0 Å². The molecule has 3 heterocycles. The Morgan fingerprint density at radius 3 is 2.67 bits per heavy atom. The molecule has 0 aliphatic rings. The van der Waals surface area contributed by atoms with E-state index in [-0.39, 0.29) is 12.5 Å². The van der Waals surface area contributed by atoms with Crippen LogP contribution in [0.15, 0.2) is 85.1 Å². The zero-order chi connectivity index (χ0) is 22.6. The lowest BCUT2D eigenvalue weighted by Gasteiger charge is -2.10. The van der Waals surface area contributed by atoms with Crippen LogP contribution in [0.4, 0.5) is 5.69 Å². The summed E-state index contributed by atoms with van der Waals surface area (Å²) in [5, 5.41) is 16.0. The third-order valence-corrected chi connectivity index (χ3v) is 5.05. The van der Waals surface area contributed by atoms with Crippen molar-refractivity contribution in [3.63, 3.8) is 0 Å². The molecule has 1 amide bonds. The molecular formula is C25H20N6O2. The number of nitrogens with one attached hydrogen (secondary N) is 1. The van der Waals surface area contributed by atoms with Crippen LogP contribution in [0.25, 0.3) is 28.4 Å². The van der Waals surface area contributed by atoms with Gasteiger partial charge in [-0.05, 0) is 55.0 Å². The van der Waals surface area contributed by atoms with Gasteiger partial charge < -0.3 is 10.1 Å². The van der Waals surface area contributed by atoms with Crippen molar-refractivity contribution in [3.05, 3.63) is 90.6 Å². The minimum absolute atomic E-state index is 0.0760. The summed E-state index contributed by atoms with van der Waals surface area (Å²) in [6.45, 7) is 1.86. The molecule has 2 aromatic carbocycles. The van der Waals surface area contributed by atoms with Crippen LogP contribution in [0.1, 0.15) is 5.56 Å². The van der Waals surface area contributed by atoms with Gasteiger partial charge in [0.05, 0.1) is 5.69 Å². The van der Waals surface area contributed by atoms with Crippen LogP contribution < -0.4 is 10.1 Å². The number of amides is 1. The first-order valence-corrected chi connectivity index (χ1v) is 10.4. The molecule has 8 nitrogen and oxygen atoms in total. The largest absolute Gasteiger partial charge is 0.483 e. The smallest absolute Gasteiger partial charge is 0.262 e. The molecule has 0 spiro atoms. The van der Waals surface area contributed by atoms with Crippen molar-refractivity contribution in [2.45, 2.75) is 6.92 Å². The van der Waals surface area contributed by atoms with Crippen molar-refractivity contribution in [1.82, 2.24) is 24.8 Å². The molecular weight excluding hydrogens is 416 g/mol. The predicted molar refractivity (Wildman–Crippen MR) is 125 cm³/mol. The summed E-state index contributed by atoms with van der Waals surface area (Å²) >= 11 is 0. The summed E-state index contributed by atoms with van der Waals surface area (Å²) in [7, 11) is 0. The number of pyridine rings is 1. The summed E-state index contributed by atoms with van der Waals surface area (Å²) < 4.78 is 7.30. The van der Waals surface area contributed by atoms with Crippen LogP contribution in [0, 0.1) is 6.92 Å². The first kappa shape index (κ1) is 20.3. The molecule has 3 aromatic heterocycles. The van der Waals surface area contributed by atoms with Crippen molar-refractivity contribution in [2.24, 2.45) is 0 Å². The lowest BCUT2D eigenvalue weighted by Crippen LogP contribution is -2.20. The number of rotatable bonds is 6. The zero-order valence-electron chi connectivity index (χ0n) is 17.8. The van der Waals surface area contributed by atoms with E-state index < -0.39 is 0 Å². The molecule has 0 unspecified atom stereocenters.